The molecule has 1 aromatic heterocycles. The van der Waals surface area contributed by atoms with Crippen LogP contribution < -0.4 is 5.32 Å². The molecule has 1 aliphatic heterocycles. The number of carbonyl (C=O) groups excluding carboxylic acids is 2. The molecular weight excluding hydrogens is 374 g/mol. The van der Waals surface area contributed by atoms with Gasteiger partial charge in [0.15, 0.2) is 0 Å². The monoisotopic (exact) mass is 393 g/mol. The van der Waals surface area contributed by atoms with Crippen LogP contribution in [0.2, 0.25) is 5.02 Å². The van der Waals surface area contributed by atoms with Gasteiger partial charge in [0, 0.05) is 33.7 Å². The van der Waals surface area contributed by atoms with Gasteiger partial charge in [0.05, 0.1) is 6.54 Å². The molecule has 28 heavy (non-hydrogen) atoms. The van der Waals surface area contributed by atoms with Crippen LogP contribution in [0, 0.1) is 0 Å². The minimum absolute atomic E-state index is 0.201. The van der Waals surface area contributed by atoms with E-state index in [1.165, 1.54) is 4.90 Å². The SMILES string of the molecule is CC(C)n1cc(/C=C2\NC(=O)N(Cc3ccc(Cl)cc3)C2=O)c2ccccc21. The van der Waals surface area contributed by atoms with E-state index in [9.17, 15) is 9.59 Å². The van der Waals surface area contributed by atoms with Crippen molar-refractivity contribution in [3.8, 4) is 0 Å². The number of urea groups is 1. The lowest BCUT2D eigenvalue weighted by Crippen LogP contribution is -2.30. The normalized spacial score (nSPS) is 15.9. The molecule has 0 spiro atoms. The number of benzene rings is 2. The molecule has 0 unspecified atom stereocenters. The molecule has 0 aliphatic carbocycles. The first-order valence-corrected chi connectivity index (χ1v) is 9.50. The summed E-state index contributed by atoms with van der Waals surface area (Å²) in [6.07, 6.45) is 3.77. The number of nitrogens with zero attached hydrogens (tertiary/aromatic N) is 2. The van der Waals surface area contributed by atoms with Crippen LogP contribution in [0.15, 0.2) is 60.4 Å². The largest absolute Gasteiger partial charge is 0.344 e. The van der Waals surface area contributed by atoms with Crippen molar-refractivity contribution in [1.82, 2.24) is 14.8 Å². The Morgan fingerprint density at radius 3 is 2.50 bits per heavy atom. The number of halogens is 1. The van der Waals surface area contributed by atoms with E-state index in [1.54, 1.807) is 30.3 Å². The molecule has 1 fully saturated rings. The summed E-state index contributed by atoms with van der Waals surface area (Å²) in [7, 11) is 0. The van der Waals surface area contributed by atoms with E-state index in [4.69, 9.17) is 11.6 Å². The van der Waals surface area contributed by atoms with Crippen molar-refractivity contribution < 1.29 is 9.59 Å². The number of hydrogen-bond acceptors (Lipinski definition) is 2. The summed E-state index contributed by atoms with van der Waals surface area (Å²) in [5.74, 6) is -0.332. The molecule has 2 aromatic carbocycles. The van der Waals surface area contributed by atoms with Crippen LogP contribution in [0.5, 0.6) is 0 Å². The van der Waals surface area contributed by atoms with E-state index in [0.717, 1.165) is 22.0 Å². The Balaban J connectivity index is 1.66. The van der Waals surface area contributed by atoms with Crippen LogP contribution in [0.3, 0.4) is 0 Å². The molecule has 0 saturated carbocycles. The molecule has 2 heterocycles. The minimum atomic E-state index is -0.418. The fourth-order valence-corrected chi connectivity index (χ4v) is 3.54. The Morgan fingerprint density at radius 1 is 1.07 bits per heavy atom. The quantitative estimate of drug-likeness (QED) is 0.502. The number of rotatable bonds is 4. The van der Waals surface area contributed by atoms with Gasteiger partial charge in [0.25, 0.3) is 5.91 Å². The summed E-state index contributed by atoms with van der Waals surface area (Å²) >= 11 is 5.90. The van der Waals surface area contributed by atoms with Crippen molar-refractivity contribution in [2.24, 2.45) is 0 Å². The molecule has 5 nitrogen and oxygen atoms in total. The number of aromatic nitrogens is 1. The van der Waals surface area contributed by atoms with E-state index in [2.05, 4.69) is 29.8 Å². The predicted molar refractivity (Wildman–Crippen MR) is 111 cm³/mol. The average molecular weight is 394 g/mol. The Labute approximate surface area is 168 Å². The van der Waals surface area contributed by atoms with Crippen molar-refractivity contribution in [2.45, 2.75) is 26.4 Å². The standard InChI is InChI=1S/C22H20ClN3O2/c1-14(2)25-13-16(18-5-3-4-6-20(18)25)11-19-21(27)26(22(28)24-19)12-15-7-9-17(23)10-8-15/h3-11,13-14H,12H2,1-2H3,(H,24,28)/b19-11-. The first-order chi connectivity index (χ1) is 13.4. The fraction of sp³-hybridized carbons (Fsp3) is 0.182. The van der Waals surface area contributed by atoms with E-state index >= 15 is 0 Å². The van der Waals surface area contributed by atoms with Crippen molar-refractivity contribution in [3.05, 3.63) is 76.6 Å². The zero-order valence-electron chi connectivity index (χ0n) is 15.6. The zero-order chi connectivity index (χ0) is 19.8. The van der Waals surface area contributed by atoms with Gasteiger partial charge >= 0.3 is 6.03 Å². The summed E-state index contributed by atoms with van der Waals surface area (Å²) in [6.45, 7) is 4.42. The molecule has 0 atom stereocenters. The molecule has 1 N–H and O–H groups in total. The molecule has 0 radical (unpaired) electrons. The highest BCUT2D eigenvalue weighted by Gasteiger charge is 2.33. The number of hydrogen-bond donors (Lipinski definition) is 1. The second kappa shape index (κ2) is 7.17. The van der Waals surface area contributed by atoms with Gasteiger partial charge in [0.2, 0.25) is 0 Å². The summed E-state index contributed by atoms with van der Waals surface area (Å²) in [5.41, 5.74) is 3.12. The molecule has 1 saturated heterocycles. The first kappa shape index (κ1) is 18.3. The van der Waals surface area contributed by atoms with Crippen molar-refractivity contribution in [1.29, 1.82) is 0 Å². The zero-order valence-corrected chi connectivity index (χ0v) is 16.4. The van der Waals surface area contributed by atoms with Crippen LogP contribution in [0.25, 0.3) is 17.0 Å². The summed E-state index contributed by atoms with van der Waals surface area (Å²) in [6, 6.07) is 15.0. The van der Waals surface area contributed by atoms with Gasteiger partial charge < -0.3 is 9.88 Å². The van der Waals surface area contributed by atoms with Gasteiger partial charge in [-0.3, -0.25) is 9.69 Å². The summed E-state index contributed by atoms with van der Waals surface area (Å²) in [5, 5.41) is 4.36. The van der Waals surface area contributed by atoms with Gasteiger partial charge in [-0.2, -0.15) is 0 Å². The molecule has 1 aliphatic rings. The topological polar surface area (TPSA) is 54.3 Å². The molecular formula is C22H20ClN3O2. The minimum Gasteiger partial charge on any atom is -0.344 e. The number of imide groups is 1. The Bertz CT molecular complexity index is 1100. The molecule has 4 rings (SSSR count). The van der Waals surface area contributed by atoms with Crippen LogP contribution in [0.1, 0.15) is 31.0 Å². The van der Waals surface area contributed by atoms with Crippen LogP contribution in [-0.4, -0.2) is 21.4 Å². The van der Waals surface area contributed by atoms with E-state index in [-0.39, 0.29) is 24.2 Å². The average Bonchev–Trinajstić information content (AvgIpc) is 3.17. The van der Waals surface area contributed by atoms with Crippen molar-refractivity contribution in [2.75, 3.05) is 0 Å². The molecule has 6 heteroatoms. The lowest BCUT2D eigenvalue weighted by Gasteiger charge is -2.11. The van der Waals surface area contributed by atoms with Crippen LogP contribution in [0.4, 0.5) is 4.79 Å². The number of carbonyl (C=O) groups is 2. The van der Waals surface area contributed by atoms with E-state index in [0.29, 0.717) is 5.02 Å². The van der Waals surface area contributed by atoms with E-state index in [1.807, 2.05) is 24.4 Å². The number of fused-ring (bicyclic) bond motifs is 1. The van der Waals surface area contributed by atoms with Crippen LogP contribution >= 0.6 is 11.6 Å². The highest BCUT2D eigenvalue weighted by Crippen LogP contribution is 2.27. The molecule has 3 amide bonds. The third-order valence-corrected chi connectivity index (χ3v) is 5.10. The number of nitrogens with one attached hydrogen (secondary N) is 1. The number of amides is 3. The van der Waals surface area contributed by atoms with Crippen molar-refractivity contribution >= 4 is 40.5 Å². The maximum absolute atomic E-state index is 12.8. The van der Waals surface area contributed by atoms with E-state index < -0.39 is 6.03 Å². The Kier molecular flexibility index (Phi) is 4.69. The molecule has 3 aromatic rings. The summed E-state index contributed by atoms with van der Waals surface area (Å²) in [4.78, 5) is 26.4. The smallest absolute Gasteiger partial charge is 0.329 e. The fourth-order valence-electron chi connectivity index (χ4n) is 3.42. The number of para-hydroxylation sites is 1. The van der Waals surface area contributed by atoms with Gasteiger partial charge in [-0.15, -0.1) is 0 Å². The predicted octanol–water partition coefficient (Wildman–Crippen LogP) is 4.97. The lowest BCUT2D eigenvalue weighted by molar-refractivity contribution is -0.123. The second-order valence-electron chi connectivity index (χ2n) is 7.11. The molecule has 142 valence electrons. The van der Waals surface area contributed by atoms with Crippen molar-refractivity contribution in [3.63, 3.8) is 0 Å². The summed E-state index contributed by atoms with van der Waals surface area (Å²) < 4.78 is 2.16. The van der Waals surface area contributed by atoms with Crippen LogP contribution in [-0.2, 0) is 11.3 Å². The Morgan fingerprint density at radius 2 is 1.79 bits per heavy atom. The van der Waals surface area contributed by atoms with Gasteiger partial charge in [-0.05, 0) is 43.7 Å². The highest BCUT2D eigenvalue weighted by atomic mass is 35.5. The molecule has 0 bridgehead atoms. The third-order valence-electron chi connectivity index (χ3n) is 4.84. The second-order valence-corrected chi connectivity index (χ2v) is 7.54. The lowest BCUT2D eigenvalue weighted by atomic mass is 10.1. The van der Waals surface area contributed by atoms with Gasteiger partial charge in [-0.25, -0.2) is 4.79 Å². The maximum atomic E-state index is 12.8. The first-order valence-electron chi connectivity index (χ1n) is 9.12. The maximum Gasteiger partial charge on any atom is 0.329 e. The third kappa shape index (κ3) is 3.29. The van der Waals surface area contributed by atoms with Gasteiger partial charge in [-0.1, -0.05) is 41.9 Å². The van der Waals surface area contributed by atoms with Gasteiger partial charge in [0.1, 0.15) is 5.70 Å². The Hall–Kier alpha value is -3.05. The highest BCUT2D eigenvalue weighted by molar-refractivity contribution is 6.30.